The normalized spacial score (nSPS) is 21.3. The highest BCUT2D eigenvalue weighted by Crippen LogP contribution is 2.46. The Labute approximate surface area is 175 Å². The first-order chi connectivity index (χ1) is 14.5. The second-order valence-electron chi connectivity index (χ2n) is 6.92. The molecule has 30 heavy (non-hydrogen) atoms. The molecule has 4 rings (SSSR count). The van der Waals surface area contributed by atoms with Crippen molar-refractivity contribution >= 4 is 18.0 Å². The van der Waals surface area contributed by atoms with Crippen LogP contribution in [0.1, 0.15) is 19.4 Å². The van der Waals surface area contributed by atoms with Crippen molar-refractivity contribution in [3.8, 4) is 0 Å². The van der Waals surface area contributed by atoms with Crippen LogP contribution < -0.4 is 5.32 Å². The Balaban J connectivity index is 0.000000480. The molecule has 0 aromatic heterocycles. The molecule has 2 aromatic carbocycles. The first-order valence-electron chi connectivity index (χ1n) is 9.41. The maximum absolute atomic E-state index is 8.12. The van der Waals surface area contributed by atoms with Crippen LogP contribution in [0.2, 0.25) is 0 Å². The number of para-hydroxylation sites is 1. The van der Waals surface area contributed by atoms with Crippen LogP contribution >= 0.6 is 0 Å². The lowest BCUT2D eigenvalue weighted by Gasteiger charge is -2.36. The minimum atomic E-state index is -0.347. The van der Waals surface area contributed by atoms with Crippen molar-refractivity contribution < 1.29 is 23.9 Å². The van der Waals surface area contributed by atoms with Gasteiger partial charge in [-0.05, 0) is 55.2 Å². The van der Waals surface area contributed by atoms with Gasteiger partial charge in [0.05, 0.1) is 12.1 Å². The predicted octanol–water partition coefficient (Wildman–Crippen LogP) is 3.59. The summed E-state index contributed by atoms with van der Waals surface area (Å²) in [6, 6.07) is 21.2. The Hall–Kier alpha value is -3.56. The van der Waals surface area contributed by atoms with Crippen molar-refractivity contribution in [1.29, 1.82) is 0 Å². The van der Waals surface area contributed by atoms with Crippen LogP contribution in [0.3, 0.4) is 0 Å². The fourth-order valence-electron chi connectivity index (χ4n) is 3.84. The fourth-order valence-corrected chi connectivity index (χ4v) is 3.84. The highest BCUT2D eigenvalue weighted by atomic mass is 16.5. The zero-order chi connectivity index (χ0) is 22.0. The molecule has 6 heteroatoms. The SMILES string of the molecule is CC1=C(C)C2([C@@H](Cc3ccccc3)Nc3ccccc3)C=CC1O2.O=C=O.O=C=O. The summed E-state index contributed by atoms with van der Waals surface area (Å²) >= 11 is 0. The van der Waals surface area contributed by atoms with Gasteiger partial charge in [-0.1, -0.05) is 54.6 Å². The van der Waals surface area contributed by atoms with Crippen molar-refractivity contribution in [2.75, 3.05) is 5.32 Å². The van der Waals surface area contributed by atoms with Gasteiger partial charge in [-0.3, -0.25) is 0 Å². The second-order valence-corrected chi connectivity index (χ2v) is 6.92. The third kappa shape index (κ3) is 5.07. The van der Waals surface area contributed by atoms with Crippen molar-refractivity contribution in [1.82, 2.24) is 0 Å². The highest BCUT2D eigenvalue weighted by Gasteiger charge is 2.50. The molecule has 0 aliphatic carbocycles. The van der Waals surface area contributed by atoms with Gasteiger partial charge in [-0.2, -0.15) is 19.2 Å². The number of benzene rings is 2. The molecule has 2 aliphatic heterocycles. The lowest BCUT2D eigenvalue weighted by Crippen LogP contribution is -2.47. The molecule has 2 unspecified atom stereocenters. The Morgan fingerprint density at radius 1 is 0.933 bits per heavy atom. The highest BCUT2D eigenvalue weighted by molar-refractivity contribution is 5.51. The summed E-state index contributed by atoms with van der Waals surface area (Å²) in [7, 11) is 0. The Kier molecular flexibility index (Phi) is 8.21. The van der Waals surface area contributed by atoms with Gasteiger partial charge in [-0.25, -0.2) is 0 Å². The molecule has 0 spiro atoms. The van der Waals surface area contributed by atoms with E-state index in [2.05, 4.69) is 85.9 Å². The van der Waals surface area contributed by atoms with Gasteiger partial charge in [-0.15, -0.1) is 0 Å². The standard InChI is InChI=1S/C22H23NO.2CO2/c1-16-17(2)22(14-13-20(16)24-22)21(15-18-9-5-3-6-10-18)23-19-11-7-4-8-12-19;2*2-1-3/h3-14,20-21,23H,15H2,1-2H3;;/t20?,21-,22?;;/m1../s1. The zero-order valence-electron chi connectivity index (χ0n) is 16.8. The molecule has 154 valence electrons. The third-order valence-electron chi connectivity index (χ3n) is 5.36. The van der Waals surface area contributed by atoms with Crippen LogP contribution in [0.25, 0.3) is 0 Å². The third-order valence-corrected chi connectivity index (χ3v) is 5.36. The first-order valence-corrected chi connectivity index (χ1v) is 9.41. The maximum atomic E-state index is 8.12. The van der Waals surface area contributed by atoms with Gasteiger partial charge in [0.25, 0.3) is 0 Å². The molecular formula is C24H23NO5. The van der Waals surface area contributed by atoms with Crippen molar-refractivity contribution in [3.05, 3.63) is 89.5 Å². The molecule has 2 aliphatic rings. The molecular weight excluding hydrogens is 382 g/mol. The minimum Gasteiger partial charge on any atom is -0.378 e. The number of nitrogens with one attached hydrogen (secondary N) is 1. The molecule has 0 saturated heterocycles. The summed E-state index contributed by atoms with van der Waals surface area (Å²) in [5, 5.41) is 3.73. The number of carbonyl (C=O) groups excluding carboxylic acids is 4. The molecule has 2 bridgehead atoms. The molecule has 6 nitrogen and oxygen atoms in total. The van der Waals surface area contributed by atoms with Gasteiger partial charge in [0.1, 0.15) is 5.60 Å². The first kappa shape index (κ1) is 22.7. The minimum absolute atomic E-state index is 0.140. The average Bonchev–Trinajstić information content (AvgIpc) is 3.30. The molecule has 0 saturated carbocycles. The number of fused-ring (bicyclic) bond motifs is 2. The van der Waals surface area contributed by atoms with E-state index in [4.69, 9.17) is 23.9 Å². The zero-order valence-corrected chi connectivity index (χ0v) is 16.8. The molecule has 0 fully saturated rings. The summed E-state index contributed by atoms with van der Waals surface area (Å²) in [4.78, 5) is 32.5. The Morgan fingerprint density at radius 2 is 1.47 bits per heavy atom. The largest absolute Gasteiger partial charge is 0.378 e. The summed E-state index contributed by atoms with van der Waals surface area (Å²) in [6.45, 7) is 4.40. The molecule has 0 amide bonds. The predicted molar refractivity (Wildman–Crippen MR) is 109 cm³/mol. The van der Waals surface area contributed by atoms with E-state index in [1.807, 2.05) is 6.07 Å². The number of rotatable bonds is 5. The Bertz CT molecular complexity index is 902. The van der Waals surface area contributed by atoms with Crippen LogP contribution in [-0.2, 0) is 30.3 Å². The summed E-state index contributed by atoms with van der Waals surface area (Å²) in [5.41, 5.74) is 4.80. The second kappa shape index (κ2) is 10.8. The topological polar surface area (TPSA) is 89.5 Å². The van der Waals surface area contributed by atoms with Crippen LogP contribution in [-0.4, -0.2) is 30.0 Å². The van der Waals surface area contributed by atoms with E-state index in [0.717, 1.165) is 12.1 Å². The average molecular weight is 405 g/mol. The lowest BCUT2D eigenvalue weighted by atomic mass is 9.80. The van der Waals surface area contributed by atoms with Crippen molar-refractivity contribution in [2.24, 2.45) is 0 Å². The smallest absolute Gasteiger partial charge is 0.373 e. The molecule has 1 N–H and O–H groups in total. The molecule has 2 heterocycles. The lowest BCUT2D eigenvalue weighted by molar-refractivity contribution is -0.193. The van der Waals surface area contributed by atoms with E-state index in [1.54, 1.807) is 0 Å². The summed E-state index contributed by atoms with van der Waals surface area (Å²) < 4.78 is 6.44. The molecule has 0 radical (unpaired) electrons. The number of hydrogen-bond acceptors (Lipinski definition) is 6. The van der Waals surface area contributed by atoms with Crippen LogP contribution in [0.5, 0.6) is 0 Å². The van der Waals surface area contributed by atoms with E-state index in [-0.39, 0.29) is 30.0 Å². The van der Waals surface area contributed by atoms with Crippen LogP contribution in [0.4, 0.5) is 5.69 Å². The van der Waals surface area contributed by atoms with E-state index in [9.17, 15) is 0 Å². The van der Waals surface area contributed by atoms with E-state index in [1.165, 1.54) is 16.7 Å². The number of hydrogen-bond donors (Lipinski definition) is 1. The molecule has 3 atom stereocenters. The van der Waals surface area contributed by atoms with Crippen molar-refractivity contribution in [3.63, 3.8) is 0 Å². The van der Waals surface area contributed by atoms with Crippen LogP contribution in [0.15, 0.2) is 84.0 Å². The van der Waals surface area contributed by atoms with E-state index < -0.39 is 0 Å². The number of ether oxygens (including phenoxy) is 1. The van der Waals surface area contributed by atoms with Crippen LogP contribution in [0, 0.1) is 0 Å². The molecule has 2 aromatic rings. The van der Waals surface area contributed by atoms with Gasteiger partial charge < -0.3 is 10.1 Å². The maximum Gasteiger partial charge on any atom is 0.373 e. The van der Waals surface area contributed by atoms with Gasteiger partial charge in [0.2, 0.25) is 0 Å². The van der Waals surface area contributed by atoms with E-state index in [0.29, 0.717) is 0 Å². The van der Waals surface area contributed by atoms with Gasteiger partial charge in [0, 0.05) is 5.69 Å². The van der Waals surface area contributed by atoms with Crippen molar-refractivity contribution in [2.45, 2.75) is 38.0 Å². The van der Waals surface area contributed by atoms with Gasteiger partial charge >= 0.3 is 12.3 Å². The fraction of sp³-hybridized carbons (Fsp3) is 0.250. The monoisotopic (exact) mass is 405 g/mol. The summed E-state index contributed by atoms with van der Waals surface area (Å²) in [5.74, 6) is 0. The Morgan fingerprint density at radius 3 is 1.97 bits per heavy atom. The van der Waals surface area contributed by atoms with Gasteiger partial charge in [0.15, 0.2) is 0 Å². The summed E-state index contributed by atoms with van der Waals surface area (Å²) in [6.07, 6.45) is 6.01. The number of anilines is 1. The van der Waals surface area contributed by atoms with E-state index >= 15 is 0 Å². The quantitative estimate of drug-likeness (QED) is 0.765.